The van der Waals surface area contributed by atoms with Crippen molar-refractivity contribution in [3.05, 3.63) is 54.1 Å². The molecule has 2 aromatic carbocycles. The number of sulfonamides is 1. The predicted octanol–water partition coefficient (Wildman–Crippen LogP) is 1.05. The number of para-hydroxylation sites is 1. The van der Waals surface area contributed by atoms with E-state index < -0.39 is 10.0 Å². The predicted molar refractivity (Wildman–Crippen MR) is 98.7 cm³/mol. The van der Waals surface area contributed by atoms with Crippen molar-refractivity contribution < 1.29 is 13.6 Å². The molecule has 0 fully saturated rings. The molecule has 0 radical (unpaired) electrons. The fourth-order valence-corrected chi connectivity index (χ4v) is 3.48. The van der Waals surface area contributed by atoms with Crippen molar-refractivity contribution >= 4 is 32.8 Å². The number of rotatable bonds is 7. The van der Waals surface area contributed by atoms with Crippen molar-refractivity contribution in [2.75, 3.05) is 18.4 Å². The number of hydrogen-bond donors (Lipinski definition) is 5. The lowest BCUT2D eigenvalue weighted by atomic mass is 10.2. The fourth-order valence-electron chi connectivity index (χ4n) is 2.43. The maximum Gasteiger partial charge on any atom is 0.240 e. The number of hydrogen-bond acceptors (Lipinski definition) is 6. The molecule has 0 saturated carbocycles. The summed E-state index contributed by atoms with van der Waals surface area (Å²) in [6.07, 6.45) is 0. The number of anilines is 1. The minimum Gasteiger partial charge on any atom is -0.409 e. The molecule has 0 bridgehead atoms. The molecule has 9 nitrogen and oxygen atoms in total. The van der Waals surface area contributed by atoms with Crippen molar-refractivity contribution in [1.29, 1.82) is 0 Å². The Balaban J connectivity index is 1.64. The van der Waals surface area contributed by atoms with Gasteiger partial charge in [0.2, 0.25) is 16.0 Å². The molecule has 0 aliphatic rings. The minimum atomic E-state index is -3.54. The molecule has 3 aromatic rings. The first-order valence-electron chi connectivity index (χ1n) is 7.76. The molecule has 1 heterocycles. The van der Waals surface area contributed by atoms with Crippen molar-refractivity contribution in [3.63, 3.8) is 0 Å². The van der Waals surface area contributed by atoms with Gasteiger partial charge in [-0.3, -0.25) is 0 Å². The van der Waals surface area contributed by atoms with E-state index in [0.29, 0.717) is 29.1 Å². The molecule has 3 rings (SSSR count). The number of aromatic amines is 1. The third kappa shape index (κ3) is 3.76. The number of H-pyrrole nitrogens is 1. The van der Waals surface area contributed by atoms with Gasteiger partial charge in [0.1, 0.15) is 0 Å². The average Bonchev–Trinajstić information content (AvgIpc) is 3.08. The summed E-state index contributed by atoms with van der Waals surface area (Å²) >= 11 is 0. The Labute approximate surface area is 150 Å². The van der Waals surface area contributed by atoms with Gasteiger partial charge in [-0.05, 0) is 24.3 Å². The summed E-state index contributed by atoms with van der Waals surface area (Å²) in [6.45, 7) is 0.506. The molecule has 0 amide bonds. The number of benzene rings is 2. The SMILES string of the molecule is NC(=NO)c1cccc2nc(NCCNS(=O)(=O)c3ccccc3)[nH]c12. The van der Waals surface area contributed by atoms with Crippen LogP contribution in [-0.4, -0.2) is 42.5 Å². The number of fused-ring (bicyclic) bond motifs is 1. The molecule has 1 aromatic heterocycles. The Morgan fingerprint density at radius 2 is 1.92 bits per heavy atom. The van der Waals surface area contributed by atoms with Crippen molar-refractivity contribution in [1.82, 2.24) is 14.7 Å². The van der Waals surface area contributed by atoms with Crippen molar-refractivity contribution in [2.45, 2.75) is 4.90 Å². The highest BCUT2D eigenvalue weighted by Gasteiger charge is 2.13. The summed E-state index contributed by atoms with van der Waals surface area (Å²) in [7, 11) is -3.54. The van der Waals surface area contributed by atoms with Gasteiger partial charge in [-0.15, -0.1) is 0 Å². The number of nitrogens with one attached hydrogen (secondary N) is 3. The van der Waals surface area contributed by atoms with Crippen LogP contribution in [0, 0.1) is 0 Å². The Bertz CT molecular complexity index is 1030. The van der Waals surface area contributed by atoms with Gasteiger partial charge >= 0.3 is 0 Å². The second kappa shape index (κ2) is 7.42. The standard InChI is InChI=1S/C16H18N6O3S/c17-15(22-23)12-7-4-8-13-14(12)21-16(20-13)18-9-10-19-26(24,25)11-5-2-1-3-6-11/h1-8,19,23H,9-10H2,(H2,17,22)(H2,18,20,21). The highest BCUT2D eigenvalue weighted by Crippen LogP contribution is 2.18. The lowest BCUT2D eigenvalue weighted by molar-refractivity contribution is 0.318. The van der Waals surface area contributed by atoms with Gasteiger partial charge in [-0.1, -0.05) is 29.4 Å². The van der Waals surface area contributed by atoms with E-state index in [4.69, 9.17) is 10.9 Å². The maximum absolute atomic E-state index is 12.1. The molecule has 136 valence electrons. The topological polar surface area (TPSA) is 145 Å². The van der Waals surface area contributed by atoms with E-state index in [0.717, 1.165) is 0 Å². The molecule has 6 N–H and O–H groups in total. The number of nitrogens with zero attached hydrogens (tertiary/aromatic N) is 2. The van der Waals surface area contributed by atoms with Crippen LogP contribution in [0.5, 0.6) is 0 Å². The first-order valence-corrected chi connectivity index (χ1v) is 9.25. The normalized spacial score (nSPS) is 12.4. The van der Waals surface area contributed by atoms with E-state index >= 15 is 0 Å². The van der Waals surface area contributed by atoms with E-state index in [-0.39, 0.29) is 17.3 Å². The molecule has 0 aliphatic carbocycles. The van der Waals surface area contributed by atoms with E-state index in [2.05, 4.69) is 25.2 Å². The molecule has 0 atom stereocenters. The van der Waals surface area contributed by atoms with Crippen LogP contribution in [-0.2, 0) is 10.0 Å². The molecule has 0 aliphatic heterocycles. The Kier molecular flexibility index (Phi) is 5.05. The van der Waals surface area contributed by atoms with Crippen LogP contribution in [0.25, 0.3) is 11.0 Å². The monoisotopic (exact) mass is 374 g/mol. The second-order valence-electron chi connectivity index (χ2n) is 5.41. The van der Waals surface area contributed by atoms with Crippen LogP contribution >= 0.6 is 0 Å². The van der Waals surface area contributed by atoms with E-state index in [1.165, 1.54) is 12.1 Å². The highest BCUT2D eigenvalue weighted by atomic mass is 32.2. The van der Waals surface area contributed by atoms with Crippen LogP contribution < -0.4 is 15.8 Å². The number of nitrogens with two attached hydrogens (primary N) is 1. The average molecular weight is 374 g/mol. The highest BCUT2D eigenvalue weighted by molar-refractivity contribution is 7.89. The van der Waals surface area contributed by atoms with Gasteiger partial charge in [0.05, 0.1) is 15.9 Å². The van der Waals surface area contributed by atoms with Gasteiger partial charge < -0.3 is 21.2 Å². The van der Waals surface area contributed by atoms with Crippen LogP contribution in [0.15, 0.2) is 58.6 Å². The second-order valence-corrected chi connectivity index (χ2v) is 7.17. The Hall–Kier alpha value is -3.11. The largest absolute Gasteiger partial charge is 0.409 e. The minimum absolute atomic E-state index is 0.0265. The van der Waals surface area contributed by atoms with Gasteiger partial charge in [-0.25, -0.2) is 18.1 Å². The van der Waals surface area contributed by atoms with E-state index in [1.54, 1.807) is 36.4 Å². The summed E-state index contributed by atoms with van der Waals surface area (Å²) in [4.78, 5) is 7.60. The summed E-state index contributed by atoms with van der Waals surface area (Å²) in [5, 5.41) is 14.9. The first-order chi connectivity index (χ1) is 12.5. The lowest BCUT2D eigenvalue weighted by Gasteiger charge is -2.07. The summed E-state index contributed by atoms with van der Waals surface area (Å²) < 4.78 is 26.8. The lowest BCUT2D eigenvalue weighted by Crippen LogP contribution is -2.29. The number of amidine groups is 1. The van der Waals surface area contributed by atoms with Gasteiger partial charge in [0.15, 0.2) is 5.84 Å². The summed E-state index contributed by atoms with van der Waals surface area (Å²) in [6, 6.07) is 13.4. The zero-order chi connectivity index (χ0) is 18.6. The molecular formula is C16H18N6O3S. The number of oxime groups is 1. The number of imidazole rings is 1. The van der Waals surface area contributed by atoms with Gasteiger partial charge in [-0.2, -0.15) is 0 Å². The maximum atomic E-state index is 12.1. The van der Waals surface area contributed by atoms with Crippen LogP contribution in [0.4, 0.5) is 5.95 Å². The summed E-state index contributed by atoms with van der Waals surface area (Å²) in [5.74, 6) is 0.429. The fraction of sp³-hybridized carbons (Fsp3) is 0.125. The van der Waals surface area contributed by atoms with Crippen LogP contribution in [0.3, 0.4) is 0 Å². The van der Waals surface area contributed by atoms with Crippen LogP contribution in [0.2, 0.25) is 0 Å². The van der Waals surface area contributed by atoms with Gasteiger partial charge in [0, 0.05) is 18.7 Å². The third-order valence-electron chi connectivity index (χ3n) is 3.66. The van der Waals surface area contributed by atoms with E-state index in [1.807, 2.05) is 0 Å². The molecular weight excluding hydrogens is 356 g/mol. The van der Waals surface area contributed by atoms with E-state index in [9.17, 15) is 8.42 Å². The molecule has 0 saturated heterocycles. The molecule has 26 heavy (non-hydrogen) atoms. The van der Waals surface area contributed by atoms with Crippen molar-refractivity contribution in [3.8, 4) is 0 Å². The molecule has 0 unspecified atom stereocenters. The van der Waals surface area contributed by atoms with Crippen LogP contribution in [0.1, 0.15) is 5.56 Å². The third-order valence-corrected chi connectivity index (χ3v) is 5.14. The zero-order valence-electron chi connectivity index (χ0n) is 13.7. The Morgan fingerprint density at radius 1 is 1.15 bits per heavy atom. The first kappa shape index (κ1) is 17.7. The Morgan fingerprint density at radius 3 is 2.65 bits per heavy atom. The molecule has 0 spiro atoms. The quantitative estimate of drug-likeness (QED) is 0.137. The number of aromatic nitrogens is 2. The zero-order valence-corrected chi connectivity index (χ0v) is 14.5. The van der Waals surface area contributed by atoms with Gasteiger partial charge in [0.25, 0.3) is 0 Å². The van der Waals surface area contributed by atoms with Crippen molar-refractivity contribution in [2.24, 2.45) is 10.9 Å². The molecule has 10 heteroatoms. The smallest absolute Gasteiger partial charge is 0.240 e. The summed E-state index contributed by atoms with van der Waals surface area (Å²) in [5.41, 5.74) is 7.43.